The summed E-state index contributed by atoms with van der Waals surface area (Å²) in [6, 6.07) is 0.209. The van der Waals surface area contributed by atoms with E-state index in [1.807, 2.05) is 4.90 Å². The smallest absolute Gasteiger partial charge is 0.240 e. The van der Waals surface area contributed by atoms with Crippen molar-refractivity contribution in [1.29, 1.82) is 0 Å². The minimum atomic E-state index is 0.209. The topological polar surface area (TPSA) is 49.6 Å². The monoisotopic (exact) mass is 279 g/mol. The maximum absolute atomic E-state index is 12.5. The molecule has 114 valence electrons. The average molecular weight is 279 g/mol. The highest BCUT2D eigenvalue weighted by Crippen LogP contribution is 2.22. The van der Waals surface area contributed by atoms with E-state index in [-0.39, 0.29) is 11.9 Å². The zero-order chi connectivity index (χ0) is 14.5. The summed E-state index contributed by atoms with van der Waals surface area (Å²) in [7, 11) is 0. The van der Waals surface area contributed by atoms with Crippen LogP contribution in [0, 0.1) is 5.92 Å². The molecule has 2 rings (SSSR count). The Hall–Kier alpha value is -0.870. The van der Waals surface area contributed by atoms with Crippen LogP contribution in [0.3, 0.4) is 0 Å². The molecule has 0 radical (unpaired) electrons. The van der Waals surface area contributed by atoms with Crippen molar-refractivity contribution in [2.45, 2.75) is 52.0 Å². The van der Waals surface area contributed by atoms with Gasteiger partial charge in [0, 0.05) is 24.8 Å². The van der Waals surface area contributed by atoms with Crippen molar-refractivity contribution < 1.29 is 4.79 Å². The first-order valence-corrected chi connectivity index (χ1v) is 8.09. The van der Waals surface area contributed by atoms with Crippen molar-refractivity contribution in [3.05, 3.63) is 11.8 Å². The van der Waals surface area contributed by atoms with Crippen LogP contribution in [-0.2, 0) is 4.79 Å². The number of hydrogen-bond acceptors (Lipinski definition) is 3. The summed E-state index contributed by atoms with van der Waals surface area (Å²) in [5, 5.41) is 0. The lowest BCUT2D eigenvalue weighted by Crippen LogP contribution is -2.50. The molecule has 0 spiro atoms. The molecule has 20 heavy (non-hydrogen) atoms. The Morgan fingerprint density at radius 3 is 2.90 bits per heavy atom. The molecular formula is C16H29N3O. The quantitative estimate of drug-likeness (QED) is 0.856. The number of rotatable bonds is 4. The van der Waals surface area contributed by atoms with Crippen LogP contribution in [0.15, 0.2) is 11.8 Å². The maximum Gasteiger partial charge on any atom is 0.240 e. The van der Waals surface area contributed by atoms with E-state index in [2.05, 4.69) is 24.8 Å². The molecule has 1 fully saturated rings. The van der Waals surface area contributed by atoms with Crippen molar-refractivity contribution >= 4 is 5.91 Å². The van der Waals surface area contributed by atoms with Gasteiger partial charge in [-0.1, -0.05) is 13.0 Å². The van der Waals surface area contributed by atoms with Gasteiger partial charge in [0.2, 0.25) is 5.91 Å². The number of likely N-dealkylation sites (N-methyl/N-ethyl adjacent to an activating group) is 1. The van der Waals surface area contributed by atoms with Gasteiger partial charge in [-0.05, 0) is 51.5 Å². The number of allylic oxidation sites excluding steroid dienone is 2. The van der Waals surface area contributed by atoms with Crippen molar-refractivity contribution in [2.24, 2.45) is 11.7 Å². The number of carbonyl (C=O) groups excluding carboxylic acids is 1. The molecule has 1 aliphatic carbocycles. The van der Waals surface area contributed by atoms with Crippen LogP contribution in [0.5, 0.6) is 0 Å². The zero-order valence-corrected chi connectivity index (χ0v) is 13.0. The SMILES string of the molecule is CCN(C(=O)CN1CCC(C)C(N)C1)C1=CCCCC1. The van der Waals surface area contributed by atoms with Gasteiger partial charge in [0.1, 0.15) is 0 Å². The first kappa shape index (κ1) is 15.5. The second-order valence-electron chi connectivity index (χ2n) is 6.24. The molecule has 0 bridgehead atoms. The number of likely N-dealkylation sites (tertiary alicyclic amines) is 1. The van der Waals surface area contributed by atoms with Gasteiger partial charge >= 0.3 is 0 Å². The summed E-state index contributed by atoms with van der Waals surface area (Å²) in [6.45, 7) is 7.42. The van der Waals surface area contributed by atoms with E-state index < -0.39 is 0 Å². The van der Waals surface area contributed by atoms with Gasteiger partial charge in [-0.3, -0.25) is 9.69 Å². The Labute approximate surface area is 123 Å². The molecule has 2 unspecified atom stereocenters. The van der Waals surface area contributed by atoms with Gasteiger partial charge < -0.3 is 10.6 Å². The highest BCUT2D eigenvalue weighted by molar-refractivity contribution is 5.80. The van der Waals surface area contributed by atoms with Crippen LogP contribution in [0.25, 0.3) is 0 Å². The predicted molar refractivity (Wildman–Crippen MR) is 82.1 cm³/mol. The average Bonchev–Trinajstić information content (AvgIpc) is 2.45. The summed E-state index contributed by atoms with van der Waals surface area (Å²) < 4.78 is 0. The van der Waals surface area contributed by atoms with E-state index >= 15 is 0 Å². The Kier molecular flexibility index (Phi) is 5.61. The lowest BCUT2D eigenvalue weighted by molar-refractivity contribution is -0.131. The fraction of sp³-hybridized carbons (Fsp3) is 0.812. The van der Waals surface area contributed by atoms with E-state index in [0.717, 1.165) is 38.9 Å². The molecule has 4 nitrogen and oxygen atoms in total. The van der Waals surface area contributed by atoms with Crippen molar-refractivity contribution in [2.75, 3.05) is 26.2 Å². The van der Waals surface area contributed by atoms with Crippen LogP contribution in [0.1, 0.15) is 46.0 Å². The summed E-state index contributed by atoms with van der Waals surface area (Å²) in [5.41, 5.74) is 7.35. The molecule has 0 aromatic rings. The van der Waals surface area contributed by atoms with E-state index in [0.29, 0.717) is 12.5 Å². The Balaban J connectivity index is 1.91. The molecule has 2 atom stereocenters. The van der Waals surface area contributed by atoms with Crippen molar-refractivity contribution in [3.8, 4) is 0 Å². The minimum absolute atomic E-state index is 0.209. The lowest BCUT2D eigenvalue weighted by atomic mass is 9.94. The second kappa shape index (κ2) is 7.23. The summed E-state index contributed by atoms with van der Waals surface area (Å²) in [6.07, 6.45) is 7.98. The molecule has 2 aliphatic rings. The third-order valence-corrected chi connectivity index (χ3v) is 4.69. The van der Waals surface area contributed by atoms with Gasteiger partial charge in [-0.25, -0.2) is 0 Å². The predicted octanol–water partition coefficient (Wildman–Crippen LogP) is 1.96. The Morgan fingerprint density at radius 2 is 2.30 bits per heavy atom. The summed E-state index contributed by atoms with van der Waals surface area (Å²) in [5.74, 6) is 0.812. The molecule has 1 aliphatic heterocycles. The third kappa shape index (κ3) is 3.83. The molecule has 1 saturated heterocycles. The van der Waals surface area contributed by atoms with Gasteiger partial charge in [0.15, 0.2) is 0 Å². The number of piperidine rings is 1. The van der Waals surface area contributed by atoms with Crippen molar-refractivity contribution in [3.63, 3.8) is 0 Å². The molecule has 0 aromatic carbocycles. The number of hydrogen-bond donors (Lipinski definition) is 1. The summed E-state index contributed by atoms with van der Waals surface area (Å²) >= 11 is 0. The van der Waals surface area contributed by atoms with Crippen LogP contribution in [0.2, 0.25) is 0 Å². The van der Waals surface area contributed by atoms with E-state index in [9.17, 15) is 4.79 Å². The zero-order valence-electron chi connectivity index (χ0n) is 13.0. The fourth-order valence-electron chi connectivity index (χ4n) is 3.20. The number of nitrogens with two attached hydrogens (primary N) is 1. The van der Waals surface area contributed by atoms with Crippen LogP contribution in [0.4, 0.5) is 0 Å². The highest BCUT2D eigenvalue weighted by atomic mass is 16.2. The number of carbonyl (C=O) groups is 1. The van der Waals surface area contributed by atoms with Crippen LogP contribution >= 0.6 is 0 Å². The number of nitrogens with zero attached hydrogens (tertiary/aromatic N) is 2. The molecule has 1 heterocycles. The van der Waals surface area contributed by atoms with Crippen molar-refractivity contribution in [1.82, 2.24) is 9.80 Å². The molecule has 0 aromatic heterocycles. The standard InChI is InChI=1S/C16H29N3O/c1-3-19(14-7-5-4-6-8-14)16(20)12-18-10-9-13(2)15(17)11-18/h7,13,15H,3-6,8-12,17H2,1-2H3. The maximum atomic E-state index is 12.5. The first-order valence-electron chi connectivity index (χ1n) is 8.09. The van der Waals surface area contributed by atoms with E-state index in [1.165, 1.54) is 18.5 Å². The largest absolute Gasteiger partial charge is 0.326 e. The van der Waals surface area contributed by atoms with Gasteiger partial charge in [0.25, 0.3) is 0 Å². The fourth-order valence-corrected chi connectivity index (χ4v) is 3.20. The van der Waals surface area contributed by atoms with Crippen LogP contribution in [-0.4, -0.2) is 47.9 Å². The van der Waals surface area contributed by atoms with Gasteiger partial charge in [-0.2, -0.15) is 0 Å². The van der Waals surface area contributed by atoms with Gasteiger partial charge in [-0.15, -0.1) is 0 Å². The highest BCUT2D eigenvalue weighted by Gasteiger charge is 2.26. The molecule has 1 amide bonds. The van der Waals surface area contributed by atoms with Crippen LogP contribution < -0.4 is 5.73 Å². The van der Waals surface area contributed by atoms with E-state index in [1.54, 1.807) is 0 Å². The molecule has 4 heteroatoms. The molecule has 2 N–H and O–H groups in total. The lowest BCUT2D eigenvalue weighted by Gasteiger charge is -2.36. The third-order valence-electron chi connectivity index (χ3n) is 4.69. The number of amides is 1. The van der Waals surface area contributed by atoms with Gasteiger partial charge in [0.05, 0.1) is 6.54 Å². The second-order valence-corrected chi connectivity index (χ2v) is 6.24. The molecular weight excluding hydrogens is 250 g/mol. The first-order chi connectivity index (χ1) is 9.61. The summed E-state index contributed by atoms with van der Waals surface area (Å²) in [4.78, 5) is 16.7. The Morgan fingerprint density at radius 1 is 1.50 bits per heavy atom. The Bertz CT molecular complexity index is 367. The normalized spacial score (nSPS) is 28.1. The molecule has 0 saturated carbocycles. The van der Waals surface area contributed by atoms with E-state index in [4.69, 9.17) is 5.73 Å². The minimum Gasteiger partial charge on any atom is -0.326 e.